The van der Waals surface area contributed by atoms with Crippen molar-refractivity contribution in [1.82, 2.24) is 5.32 Å². The molecule has 1 aliphatic carbocycles. The molecule has 0 saturated heterocycles. The van der Waals surface area contributed by atoms with Gasteiger partial charge in [-0.25, -0.2) is 0 Å². The lowest BCUT2D eigenvalue weighted by Crippen LogP contribution is -2.28. The molecule has 1 nitrogen and oxygen atoms in total. The molecule has 1 unspecified atom stereocenters. The van der Waals surface area contributed by atoms with Crippen LogP contribution in [0.1, 0.15) is 56.2 Å². The van der Waals surface area contributed by atoms with Gasteiger partial charge in [-0.05, 0) is 60.5 Å². The summed E-state index contributed by atoms with van der Waals surface area (Å²) in [6.45, 7) is 5.65. The molecular formula is C20H27N. The SMILES string of the molecule is CCCNC(c1c(C)ccc2ccccc12)C1CCCC1. The van der Waals surface area contributed by atoms with Crippen molar-refractivity contribution in [3.8, 4) is 0 Å². The van der Waals surface area contributed by atoms with Crippen LogP contribution in [0.4, 0.5) is 0 Å². The smallest absolute Gasteiger partial charge is 0.0357 e. The Kier molecular flexibility index (Phi) is 4.60. The second-order valence-electron chi connectivity index (χ2n) is 6.49. The maximum atomic E-state index is 3.86. The summed E-state index contributed by atoms with van der Waals surface area (Å²) >= 11 is 0. The lowest BCUT2D eigenvalue weighted by Gasteiger charge is -2.28. The van der Waals surface area contributed by atoms with Gasteiger partial charge in [-0.2, -0.15) is 0 Å². The summed E-state index contributed by atoms with van der Waals surface area (Å²) in [7, 11) is 0. The Bertz CT molecular complexity index is 596. The molecule has 21 heavy (non-hydrogen) atoms. The second kappa shape index (κ2) is 6.62. The minimum atomic E-state index is 0.526. The third kappa shape index (κ3) is 2.98. The highest BCUT2D eigenvalue weighted by atomic mass is 14.9. The van der Waals surface area contributed by atoms with Crippen molar-refractivity contribution in [3.05, 3.63) is 47.5 Å². The van der Waals surface area contributed by atoms with E-state index in [1.807, 2.05) is 0 Å². The Morgan fingerprint density at radius 2 is 1.86 bits per heavy atom. The van der Waals surface area contributed by atoms with E-state index in [9.17, 15) is 0 Å². The minimum Gasteiger partial charge on any atom is -0.310 e. The van der Waals surface area contributed by atoms with Crippen LogP contribution in [0.15, 0.2) is 36.4 Å². The van der Waals surface area contributed by atoms with Gasteiger partial charge in [0, 0.05) is 6.04 Å². The fraction of sp³-hybridized carbons (Fsp3) is 0.500. The molecule has 1 aliphatic rings. The molecule has 1 N–H and O–H groups in total. The average Bonchev–Trinajstić information content (AvgIpc) is 3.03. The molecule has 0 spiro atoms. The molecule has 2 aromatic rings. The van der Waals surface area contributed by atoms with Gasteiger partial charge < -0.3 is 5.32 Å². The first-order valence-corrected chi connectivity index (χ1v) is 8.53. The molecule has 1 saturated carbocycles. The van der Waals surface area contributed by atoms with Gasteiger partial charge in [0.15, 0.2) is 0 Å². The molecule has 0 aliphatic heterocycles. The molecule has 0 radical (unpaired) electrons. The van der Waals surface area contributed by atoms with Gasteiger partial charge in [-0.3, -0.25) is 0 Å². The third-order valence-electron chi connectivity index (χ3n) is 4.99. The van der Waals surface area contributed by atoms with Crippen LogP contribution in [-0.2, 0) is 0 Å². The Morgan fingerprint density at radius 1 is 1.10 bits per heavy atom. The number of rotatable bonds is 5. The molecule has 0 heterocycles. The zero-order valence-electron chi connectivity index (χ0n) is 13.4. The number of hydrogen-bond donors (Lipinski definition) is 1. The maximum Gasteiger partial charge on any atom is 0.0357 e. The van der Waals surface area contributed by atoms with Gasteiger partial charge in [0.05, 0.1) is 0 Å². The first-order valence-electron chi connectivity index (χ1n) is 8.53. The molecule has 1 atom stereocenters. The standard InChI is InChI=1S/C20H27N/c1-3-14-21-20(17-9-4-5-10-17)19-15(2)12-13-16-8-6-7-11-18(16)19/h6-8,11-13,17,20-21H,3-5,9-10,14H2,1-2H3. The Hall–Kier alpha value is -1.34. The zero-order valence-corrected chi connectivity index (χ0v) is 13.4. The molecule has 0 bridgehead atoms. The van der Waals surface area contributed by atoms with Crippen LogP contribution < -0.4 is 5.32 Å². The van der Waals surface area contributed by atoms with Gasteiger partial charge in [0.1, 0.15) is 0 Å². The Morgan fingerprint density at radius 3 is 2.62 bits per heavy atom. The van der Waals surface area contributed by atoms with Gasteiger partial charge in [0.25, 0.3) is 0 Å². The van der Waals surface area contributed by atoms with E-state index in [0.29, 0.717) is 6.04 Å². The third-order valence-corrected chi connectivity index (χ3v) is 4.99. The molecule has 1 fully saturated rings. The fourth-order valence-corrected chi connectivity index (χ4v) is 3.91. The monoisotopic (exact) mass is 281 g/mol. The van der Waals surface area contributed by atoms with Crippen molar-refractivity contribution >= 4 is 10.8 Å². The lowest BCUT2D eigenvalue weighted by atomic mass is 9.85. The maximum absolute atomic E-state index is 3.86. The van der Waals surface area contributed by atoms with E-state index in [1.54, 1.807) is 5.56 Å². The second-order valence-corrected chi connectivity index (χ2v) is 6.49. The number of aryl methyl sites for hydroxylation is 1. The van der Waals surface area contributed by atoms with Crippen LogP contribution in [-0.4, -0.2) is 6.54 Å². The highest BCUT2D eigenvalue weighted by Gasteiger charge is 2.27. The summed E-state index contributed by atoms with van der Waals surface area (Å²) in [4.78, 5) is 0. The van der Waals surface area contributed by atoms with Gasteiger partial charge in [0.2, 0.25) is 0 Å². The van der Waals surface area contributed by atoms with Crippen molar-refractivity contribution in [2.45, 2.75) is 52.0 Å². The molecule has 112 valence electrons. The largest absolute Gasteiger partial charge is 0.310 e. The molecule has 0 aromatic heterocycles. The van der Waals surface area contributed by atoms with E-state index in [4.69, 9.17) is 0 Å². The number of benzene rings is 2. The number of nitrogens with one attached hydrogen (secondary N) is 1. The topological polar surface area (TPSA) is 12.0 Å². The van der Waals surface area contributed by atoms with E-state index < -0.39 is 0 Å². The summed E-state index contributed by atoms with van der Waals surface area (Å²) in [6.07, 6.45) is 6.76. The first-order chi connectivity index (χ1) is 10.3. The van der Waals surface area contributed by atoms with Crippen LogP contribution in [0.25, 0.3) is 10.8 Å². The molecular weight excluding hydrogens is 254 g/mol. The predicted molar refractivity (Wildman–Crippen MR) is 91.7 cm³/mol. The van der Waals surface area contributed by atoms with E-state index in [-0.39, 0.29) is 0 Å². The average molecular weight is 281 g/mol. The van der Waals surface area contributed by atoms with Crippen molar-refractivity contribution < 1.29 is 0 Å². The van der Waals surface area contributed by atoms with Crippen molar-refractivity contribution in [1.29, 1.82) is 0 Å². The summed E-state index contributed by atoms with van der Waals surface area (Å²) < 4.78 is 0. The summed E-state index contributed by atoms with van der Waals surface area (Å²) in [5.41, 5.74) is 2.99. The van der Waals surface area contributed by atoms with Gasteiger partial charge >= 0.3 is 0 Å². The fourth-order valence-electron chi connectivity index (χ4n) is 3.91. The molecule has 3 rings (SSSR count). The molecule has 1 heteroatoms. The van der Waals surface area contributed by atoms with E-state index >= 15 is 0 Å². The van der Waals surface area contributed by atoms with E-state index in [0.717, 1.165) is 12.5 Å². The Labute approximate surface area is 128 Å². The normalized spacial score (nSPS) is 17.4. The number of fused-ring (bicyclic) bond motifs is 1. The van der Waals surface area contributed by atoms with Gasteiger partial charge in [-0.15, -0.1) is 0 Å². The zero-order chi connectivity index (χ0) is 14.7. The lowest BCUT2D eigenvalue weighted by molar-refractivity contribution is 0.369. The Balaban J connectivity index is 2.06. The van der Waals surface area contributed by atoms with Crippen LogP contribution in [0.2, 0.25) is 0 Å². The van der Waals surface area contributed by atoms with Gasteiger partial charge in [-0.1, -0.05) is 56.2 Å². The molecule has 0 amide bonds. The minimum absolute atomic E-state index is 0.526. The summed E-state index contributed by atoms with van der Waals surface area (Å²) in [5, 5.41) is 6.68. The predicted octanol–water partition coefficient (Wildman–Crippen LogP) is 5.38. The van der Waals surface area contributed by atoms with E-state index in [2.05, 4.69) is 55.6 Å². The van der Waals surface area contributed by atoms with Crippen LogP contribution in [0.5, 0.6) is 0 Å². The van der Waals surface area contributed by atoms with Crippen LogP contribution >= 0.6 is 0 Å². The first kappa shape index (κ1) is 14.6. The number of hydrogen-bond acceptors (Lipinski definition) is 1. The van der Waals surface area contributed by atoms with Crippen LogP contribution in [0.3, 0.4) is 0 Å². The highest BCUT2D eigenvalue weighted by Crippen LogP contribution is 2.39. The highest BCUT2D eigenvalue weighted by molar-refractivity contribution is 5.87. The quantitative estimate of drug-likeness (QED) is 0.776. The summed E-state index contributed by atoms with van der Waals surface area (Å²) in [5.74, 6) is 0.807. The van der Waals surface area contributed by atoms with Crippen LogP contribution in [0, 0.1) is 12.8 Å². The van der Waals surface area contributed by atoms with Crippen molar-refractivity contribution in [3.63, 3.8) is 0 Å². The molecule has 2 aromatic carbocycles. The summed E-state index contributed by atoms with van der Waals surface area (Å²) in [6, 6.07) is 13.9. The van der Waals surface area contributed by atoms with E-state index in [1.165, 1.54) is 48.4 Å². The van der Waals surface area contributed by atoms with Crippen molar-refractivity contribution in [2.75, 3.05) is 6.54 Å². The van der Waals surface area contributed by atoms with Crippen molar-refractivity contribution in [2.24, 2.45) is 5.92 Å².